The normalized spacial score (nSPS) is 15.0. The lowest BCUT2D eigenvalue weighted by Crippen LogP contribution is -2.24. The van der Waals surface area contributed by atoms with Gasteiger partial charge in [0.05, 0.1) is 0 Å². The number of alkyl halides is 2. The smallest absolute Gasteiger partial charge is 0.0446 e. The van der Waals surface area contributed by atoms with Gasteiger partial charge in [-0.05, 0) is 38.5 Å². The second-order valence-electron chi connectivity index (χ2n) is 12.9. The van der Waals surface area contributed by atoms with Crippen molar-refractivity contribution in [2.75, 3.05) is 0 Å². The molecule has 0 aliphatic heterocycles. The summed E-state index contributed by atoms with van der Waals surface area (Å²) in [7, 11) is 0. The Balaban J connectivity index is 4.68. The van der Waals surface area contributed by atoms with Crippen LogP contribution in [0, 0.1) is 0 Å². The molecule has 0 rings (SSSR count). The van der Waals surface area contributed by atoms with Crippen molar-refractivity contribution in [1.82, 2.24) is 0 Å². The first-order valence-corrected chi connectivity index (χ1v) is 18.6. The first-order chi connectivity index (χ1) is 18.4. The van der Waals surface area contributed by atoms with Crippen LogP contribution in [0.5, 0.6) is 0 Å². The van der Waals surface area contributed by atoms with Crippen molar-refractivity contribution in [2.24, 2.45) is 0 Å². The van der Waals surface area contributed by atoms with Crippen LogP contribution in [0.1, 0.15) is 220 Å². The number of hydrogen-bond donors (Lipinski definition) is 0. The van der Waals surface area contributed by atoms with E-state index in [1.165, 1.54) is 193 Å². The maximum Gasteiger partial charge on any atom is 0.0446 e. The van der Waals surface area contributed by atoms with E-state index in [2.05, 4.69) is 27.7 Å². The van der Waals surface area contributed by atoms with E-state index in [0.29, 0.717) is 0 Å². The first-order valence-electron chi connectivity index (χ1n) is 17.8. The summed E-state index contributed by atoms with van der Waals surface area (Å²) in [5.74, 6) is 0. The van der Waals surface area contributed by atoms with Crippen LogP contribution in [0.3, 0.4) is 0 Å². The van der Waals surface area contributed by atoms with Crippen LogP contribution >= 0.6 is 23.2 Å². The molecule has 0 amide bonds. The molecule has 0 saturated carbocycles. The molecule has 0 nitrogen and oxygen atoms in total. The summed E-state index contributed by atoms with van der Waals surface area (Å²) >= 11 is 14.8. The van der Waals surface area contributed by atoms with Crippen molar-refractivity contribution in [3.63, 3.8) is 0 Å². The molecule has 0 aliphatic rings. The number of rotatable bonds is 31. The minimum absolute atomic E-state index is 0.0331. The van der Waals surface area contributed by atoms with Gasteiger partial charge in [-0.15, -0.1) is 23.2 Å². The summed E-state index contributed by atoms with van der Waals surface area (Å²) in [6, 6.07) is 0. The Morgan fingerprint density at radius 2 is 0.421 bits per heavy atom. The molecular formula is C36H72Cl2. The third-order valence-corrected chi connectivity index (χ3v) is 10.0. The lowest BCUT2D eigenvalue weighted by Gasteiger charge is -2.30. The van der Waals surface area contributed by atoms with Gasteiger partial charge in [-0.2, -0.15) is 0 Å². The first kappa shape index (κ1) is 38.6. The standard InChI is InChI=1S/C36H72Cl2/c1-5-9-13-17-21-25-31-35(37,29-23-19-15-11-7-3)33-27-28-34-36(38,30-24-20-16-12-8-4)32-26-22-18-14-10-6-2/h5-34H2,1-4H3. The van der Waals surface area contributed by atoms with Crippen LogP contribution in [0.25, 0.3) is 0 Å². The minimum Gasteiger partial charge on any atom is -0.119 e. The summed E-state index contributed by atoms with van der Waals surface area (Å²) in [5.41, 5.74) is 0. The molecule has 0 aromatic carbocycles. The molecule has 0 saturated heterocycles. The van der Waals surface area contributed by atoms with E-state index < -0.39 is 0 Å². The molecule has 2 unspecified atom stereocenters. The van der Waals surface area contributed by atoms with E-state index >= 15 is 0 Å². The Bertz CT molecular complexity index is 422. The molecule has 0 radical (unpaired) electrons. The van der Waals surface area contributed by atoms with Crippen LogP contribution in [0.2, 0.25) is 0 Å². The SMILES string of the molecule is CCCCCCCCC(Cl)(CCCCCCC)CCCCC(Cl)(CCCCCCC)CCCCCCCC. The third kappa shape index (κ3) is 24.4. The fourth-order valence-electron chi connectivity index (χ4n) is 6.17. The zero-order valence-electron chi connectivity index (χ0n) is 27.0. The molecule has 0 bridgehead atoms. The van der Waals surface area contributed by atoms with Gasteiger partial charge < -0.3 is 0 Å². The number of halogens is 2. The maximum atomic E-state index is 7.39. The molecular weight excluding hydrogens is 503 g/mol. The summed E-state index contributed by atoms with van der Waals surface area (Å²) < 4.78 is 0. The molecule has 0 fully saturated rings. The number of unbranched alkanes of at least 4 members (excludes halogenated alkanes) is 19. The lowest BCUT2D eigenvalue weighted by atomic mass is 9.85. The van der Waals surface area contributed by atoms with Gasteiger partial charge >= 0.3 is 0 Å². The van der Waals surface area contributed by atoms with E-state index in [9.17, 15) is 0 Å². The van der Waals surface area contributed by atoms with E-state index in [0.717, 1.165) is 0 Å². The van der Waals surface area contributed by atoms with Crippen molar-refractivity contribution >= 4 is 23.2 Å². The average molecular weight is 576 g/mol. The summed E-state index contributed by atoms with van der Waals surface area (Å²) in [5, 5.41) is 0. The molecule has 0 aliphatic carbocycles. The minimum atomic E-state index is 0.0331. The monoisotopic (exact) mass is 575 g/mol. The largest absolute Gasteiger partial charge is 0.119 e. The van der Waals surface area contributed by atoms with Crippen LogP contribution in [-0.2, 0) is 0 Å². The van der Waals surface area contributed by atoms with Crippen molar-refractivity contribution in [3.05, 3.63) is 0 Å². The van der Waals surface area contributed by atoms with Gasteiger partial charge in [0.15, 0.2) is 0 Å². The Morgan fingerprint density at radius 1 is 0.263 bits per heavy atom. The summed E-state index contributed by atoms with van der Waals surface area (Å²) in [4.78, 5) is 0.0662. The maximum absolute atomic E-state index is 7.39. The van der Waals surface area contributed by atoms with Gasteiger partial charge in [0.25, 0.3) is 0 Å². The second kappa shape index (κ2) is 27.7. The van der Waals surface area contributed by atoms with Gasteiger partial charge in [0.2, 0.25) is 0 Å². The molecule has 0 aromatic heterocycles. The summed E-state index contributed by atoms with van der Waals surface area (Å²) in [6.45, 7) is 9.22. The molecule has 2 heteroatoms. The fraction of sp³-hybridized carbons (Fsp3) is 1.00. The molecule has 230 valence electrons. The van der Waals surface area contributed by atoms with E-state index in [1.54, 1.807) is 0 Å². The highest BCUT2D eigenvalue weighted by Crippen LogP contribution is 2.38. The zero-order chi connectivity index (χ0) is 28.2. The van der Waals surface area contributed by atoms with Crippen molar-refractivity contribution < 1.29 is 0 Å². The van der Waals surface area contributed by atoms with Crippen LogP contribution in [0.15, 0.2) is 0 Å². The average Bonchev–Trinajstić information content (AvgIpc) is 2.91. The zero-order valence-corrected chi connectivity index (χ0v) is 28.5. The molecule has 2 atom stereocenters. The van der Waals surface area contributed by atoms with E-state index in [1.807, 2.05) is 0 Å². The predicted octanol–water partition coefficient (Wildman–Crippen LogP) is 14.7. The molecule has 0 aromatic rings. The van der Waals surface area contributed by atoms with Crippen LogP contribution < -0.4 is 0 Å². The van der Waals surface area contributed by atoms with Gasteiger partial charge in [0.1, 0.15) is 0 Å². The van der Waals surface area contributed by atoms with Crippen LogP contribution in [0.4, 0.5) is 0 Å². The highest BCUT2D eigenvalue weighted by molar-refractivity contribution is 6.24. The highest BCUT2D eigenvalue weighted by Gasteiger charge is 2.28. The van der Waals surface area contributed by atoms with Crippen molar-refractivity contribution in [2.45, 2.75) is 230 Å². The van der Waals surface area contributed by atoms with Gasteiger partial charge in [0, 0.05) is 9.75 Å². The van der Waals surface area contributed by atoms with E-state index in [-0.39, 0.29) is 9.75 Å². The topological polar surface area (TPSA) is 0 Å². The Hall–Kier alpha value is 0.580. The van der Waals surface area contributed by atoms with Gasteiger partial charge in [-0.25, -0.2) is 0 Å². The molecule has 38 heavy (non-hydrogen) atoms. The van der Waals surface area contributed by atoms with Crippen molar-refractivity contribution in [1.29, 1.82) is 0 Å². The third-order valence-electron chi connectivity index (χ3n) is 8.91. The quantitative estimate of drug-likeness (QED) is 0.0570. The highest BCUT2D eigenvalue weighted by atomic mass is 35.5. The molecule has 0 N–H and O–H groups in total. The Morgan fingerprint density at radius 3 is 0.632 bits per heavy atom. The fourth-order valence-corrected chi connectivity index (χ4v) is 6.97. The van der Waals surface area contributed by atoms with Gasteiger partial charge in [-0.3, -0.25) is 0 Å². The summed E-state index contributed by atoms with van der Waals surface area (Å²) in [6.07, 6.45) is 39.7. The lowest BCUT2D eigenvalue weighted by molar-refractivity contribution is 0.369. The van der Waals surface area contributed by atoms with Gasteiger partial charge in [-0.1, -0.05) is 182 Å². The molecule has 0 heterocycles. The molecule has 0 spiro atoms. The van der Waals surface area contributed by atoms with Crippen molar-refractivity contribution in [3.8, 4) is 0 Å². The van der Waals surface area contributed by atoms with E-state index in [4.69, 9.17) is 23.2 Å². The van der Waals surface area contributed by atoms with Crippen LogP contribution in [-0.4, -0.2) is 9.75 Å². The Kier molecular flexibility index (Phi) is 28.2. The second-order valence-corrected chi connectivity index (χ2v) is 14.5. The predicted molar refractivity (Wildman–Crippen MR) is 178 cm³/mol. The number of hydrogen-bond acceptors (Lipinski definition) is 0. The Labute approximate surface area is 252 Å².